The summed E-state index contributed by atoms with van der Waals surface area (Å²) >= 11 is 7.22. The number of rotatable bonds is 2. The molecule has 112 valence electrons. The normalized spacial score (nSPS) is 11.8. The van der Waals surface area contributed by atoms with Gasteiger partial charge in [-0.25, -0.2) is 0 Å². The van der Waals surface area contributed by atoms with Crippen LogP contribution < -0.4 is 5.56 Å². The molecular weight excluding hydrogens is 332 g/mol. The number of aliphatic hydroxyl groups is 1. The molecule has 0 amide bonds. The Morgan fingerprint density at radius 3 is 2.61 bits per heavy atom. The molecule has 3 rings (SSSR count). The van der Waals surface area contributed by atoms with E-state index in [1.165, 1.54) is 11.3 Å². The lowest BCUT2D eigenvalue weighted by Crippen LogP contribution is -2.07. The number of aliphatic hydroxyl groups excluding tert-OH is 1. The van der Waals surface area contributed by atoms with Gasteiger partial charge in [-0.05, 0) is 24.3 Å². The van der Waals surface area contributed by atoms with Gasteiger partial charge in [0.05, 0.1) is 10.4 Å². The highest BCUT2D eigenvalue weighted by Gasteiger charge is 2.16. The molecule has 0 atom stereocenters. The van der Waals surface area contributed by atoms with E-state index in [0.717, 1.165) is 0 Å². The van der Waals surface area contributed by atoms with E-state index in [2.05, 4.69) is 4.98 Å². The topological polar surface area (TPSA) is 74.0 Å². The monoisotopic (exact) mass is 340 g/mol. The first-order valence-electron chi connectivity index (χ1n) is 6.60. The third-order valence-corrected chi connectivity index (χ3v) is 4.61. The van der Waals surface area contributed by atoms with Crippen LogP contribution in [0.25, 0.3) is 21.4 Å². The van der Waals surface area contributed by atoms with Gasteiger partial charge in [0.2, 0.25) is 0 Å². The molecule has 0 aliphatic carbocycles. The van der Waals surface area contributed by atoms with Crippen molar-refractivity contribution in [3.63, 3.8) is 0 Å². The number of hydrogen-bond acceptors (Lipinski definition) is 5. The van der Waals surface area contributed by atoms with Crippen molar-refractivity contribution in [3.8, 4) is 6.07 Å². The van der Waals surface area contributed by atoms with Gasteiger partial charge in [0.25, 0.3) is 5.56 Å². The maximum absolute atomic E-state index is 12.1. The Kier molecular flexibility index (Phi) is 4.11. The summed E-state index contributed by atoms with van der Waals surface area (Å²) in [7, 11) is 0. The highest BCUT2D eigenvalue weighted by molar-refractivity contribution is 7.19. The third-order valence-electron chi connectivity index (χ3n) is 3.22. The standard InChI is InChI=1S/C17H9ClN2O2S/c18-13-7-3-1-5-10(13)15(21)12(9-19)17-20-16(22)11-6-2-4-8-14(11)23-17/h1-8,21H. The molecule has 0 radical (unpaired) electrons. The Morgan fingerprint density at radius 1 is 1.17 bits per heavy atom. The van der Waals surface area contributed by atoms with Crippen LogP contribution in [0.15, 0.2) is 53.3 Å². The summed E-state index contributed by atoms with van der Waals surface area (Å²) in [6, 6.07) is 15.5. The van der Waals surface area contributed by atoms with Crippen molar-refractivity contribution in [2.24, 2.45) is 0 Å². The number of hydrogen-bond donors (Lipinski definition) is 1. The summed E-state index contributed by atoms with van der Waals surface area (Å²) in [5, 5.41) is 20.8. The Morgan fingerprint density at radius 2 is 1.87 bits per heavy atom. The molecule has 6 heteroatoms. The fourth-order valence-electron chi connectivity index (χ4n) is 2.11. The molecule has 2 aromatic carbocycles. The number of nitriles is 1. The average molecular weight is 341 g/mol. The number of fused-ring (bicyclic) bond motifs is 1. The van der Waals surface area contributed by atoms with E-state index < -0.39 is 5.56 Å². The van der Waals surface area contributed by atoms with E-state index >= 15 is 0 Å². The number of nitrogens with zero attached hydrogens (tertiary/aromatic N) is 2. The molecule has 0 saturated heterocycles. The van der Waals surface area contributed by atoms with Crippen molar-refractivity contribution < 1.29 is 5.11 Å². The lowest BCUT2D eigenvalue weighted by Gasteiger charge is -2.06. The second kappa shape index (κ2) is 6.21. The van der Waals surface area contributed by atoms with Crippen molar-refractivity contribution >= 4 is 44.4 Å². The number of halogens is 1. The smallest absolute Gasteiger partial charge is 0.279 e. The summed E-state index contributed by atoms with van der Waals surface area (Å²) in [6.45, 7) is 0. The van der Waals surface area contributed by atoms with Gasteiger partial charge in [0.15, 0.2) is 0 Å². The second-order valence-electron chi connectivity index (χ2n) is 4.64. The van der Waals surface area contributed by atoms with Crippen molar-refractivity contribution in [2.75, 3.05) is 0 Å². The second-order valence-corrected chi connectivity index (χ2v) is 6.07. The van der Waals surface area contributed by atoms with Gasteiger partial charge >= 0.3 is 0 Å². The molecule has 4 nitrogen and oxygen atoms in total. The minimum atomic E-state index is -0.436. The SMILES string of the molecule is N#CC(=C(O)c1ccccc1Cl)c1nc(=O)c2ccccc2s1. The van der Waals surface area contributed by atoms with E-state index in [1.807, 2.05) is 6.07 Å². The fourth-order valence-corrected chi connectivity index (χ4v) is 3.33. The molecule has 0 aliphatic heterocycles. The molecule has 0 unspecified atom stereocenters. The van der Waals surface area contributed by atoms with E-state index in [9.17, 15) is 15.2 Å². The van der Waals surface area contributed by atoms with Gasteiger partial charge in [0, 0.05) is 10.3 Å². The molecule has 1 aromatic heterocycles. The molecule has 1 heterocycles. The van der Waals surface area contributed by atoms with E-state index in [-0.39, 0.29) is 16.3 Å². The largest absolute Gasteiger partial charge is 0.506 e. The van der Waals surface area contributed by atoms with Crippen LogP contribution in [0.1, 0.15) is 10.6 Å². The van der Waals surface area contributed by atoms with Crippen molar-refractivity contribution in [1.82, 2.24) is 4.98 Å². The highest BCUT2D eigenvalue weighted by Crippen LogP contribution is 2.30. The first kappa shape index (κ1) is 15.2. The molecule has 0 spiro atoms. The minimum Gasteiger partial charge on any atom is -0.506 e. The highest BCUT2D eigenvalue weighted by atomic mass is 35.5. The van der Waals surface area contributed by atoms with Gasteiger partial charge in [-0.15, -0.1) is 11.3 Å². The van der Waals surface area contributed by atoms with Crippen LogP contribution in [-0.2, 0) is 0 Å². The number of aromatic nitrogens is 1. The third kappa shape index (κ3) is 2.82. The van der Waals surface area contributed by atoms with E-state index in [4.69, 9.17) is 11.6 Å². The van der Waals surface area contributed by atoms with Gasteiger partial charge in [-0.1, -0.05) is 35.9 Å². The van der Waals surface area contributed by atoms with Crippen LogP contribution in [0.4, 0.5) is 0 Å². The van der Waals surface area contributed by atoms with Crippen LogP contribution in [-0.4, -0.2) is 10.1 Å². The lowest BCUT2D eigenvalue weighted by atomic mass is 10.1. The van der Waals surface area contributed by atoms with E-state index in [0.29, 0.717) is 20.7 Å². The average Bonchev–Trinajstić information content (AvgIpc) is 2.56. The Hall–Kier alpha value is -2.68. The summed E-state index contributed by atoms with van der Waals surface area (Å²) in [6.07, 6.45) is 0. The van der Waals surface area contributed by atoms with Crippen LogP contribution in [0.5, 0.6) is 0 Å². The zero-order valence-electron chi connectivity index (χ0n) is 11.7. The zero-order chi connectivity index (χ0) is 16.4. The Bertz CT molecular complexity index is 1030. The van der Waals surface area contributed by atoms with Crippen LogP contribution in [0.2, 0.25) is 5.02 Å². The first-order chi connectivity index (χ1) is 11.1. The van der Waals surface area contributed by atoms with Gasteiger partial charge in [-0.3, -0.25) is 4.79 Å². The van der Waals surface area contributed by atoms with Crippen molar-refractivity contribution in [1.29, 1.82) is 5.26 Å². The molecule has 1 N–H and O–H groups in total. The first-order valence-corrected chi connectivity index (χ1v) is 7.79. The lowest BCUT2D eigenvalue weighted by molar-refractivity contribution is 0.514. The summed E-state index contributed by atoms with van der Waals surface area (Å²) < 4.78 is 0.696. The zero-order valence-corrected chi connectivity index (χ0v) is 13.2. The molecular formula is C17H9ClN2O2S. The van der Waals surface area contributed by atoms with Gasteiger partial charge < -0.3 is 5.11 Å². The summed E-state index contributed by atoms with van der Waals surface area (Å²) in [5.41, 5.74) is -0.194. The van der Waals surface area contributed by atoms with Crippen LogP contribution in [0, 0.1) is 11.3 Å². The van der Waals surface area contributed by atoms with E-state index in [1.54, 1.807) is 48.5 Å². The Labute approximate surface area is 140 Å². The number of allylic oxidation sites excluding steroid dienone is 1. The maximum Gasteiger partial charge on any atom is 0.279 e. The number of benzene rings is 2. The fraction of sp³-hybridized carbons (Fsp3) is 0. The molecule has 0 aliphatic rings. The van der Waals surface area contributed by atoms with Crippen LogP contribution >= 0.6 is 22.9 Å². The van der Waals surface area contributed by atoms with Gasteiger partial charge in [-0.2, -0.15) is 10.2 Å². The molecule has 0 saturated carbocycles. The van der Waals surface area contributed by atoms with Gasteiger partial charge in [0.1, 0.15) is 22.4 Å². The van der Waals surface area contributed by atoms with Crippen molar-refractivity contribution in [2.45, 2.75) is 0 Å². The summed E-state index contributed by atoms with van der Waals surface area (Å²) in [5.74, 6) is -0.295. The predicted molar refractivity (Wildman–Crippen MR) is 92.4 cm³/mol. The summed E-state index contributed by atoms with van der Waals surface area (Å²) in [4.78, 5) is 16.0. The molecule has 0 bridgehead atoms. The van der Waals surface area contributed by atoms with Crippen LogP contribution in [0.3, 0.4) is 0 Å². The minimum absolute atomic E-state index is 0.0778. The molecule has 23 heavy (non-hydrogen) atoms. The predicted octanol–water partition coefficient (Wildman–Crippen LogP) is 4.26. The molecule has 3 aromatic rings. The Balaban J connectivity index is 2.27. The quantitative estimate of drug-likeness (QED) is 0.558. The maximum atomic E-state index is 12.1. The van der Waals surface area contributed by atoms with Crippen molar-refractivity contribution in [3.05, 3.63) is 74.5 Å². The molecule has 0 fully saturated rings.